The first-order chi connectivity index (χ1) is 9.37. The highest BCUT2D eigenvalue weighted by atomic mass is 32.2. The van der Waals surface area contributed by atoms with Crippen LogP contribution in [-0.2, 0) is 21.1 Å². The zero-order valence-corrected chi connectivity index (χ0v) is 13.4. The van der Waals surface area contributed by atoms with Crippen LogP contribution in [0.15, 0.2) is 5.38 Å². The monoisotopic (exact) mass is 316 g/mol. The van der Waals surface area contributed by atoms with Gasteiger partial charge in [0.2, 0.25) is 5.91 Å². The molecule has 0 unspecified atom stereocenters. The first-order valence-corrected chi connectivity index (χ1v) is 9.50. The van der Waals surface area contributed by atoms with Crippen LogP contribution in [0, 0.1) is 5.92 Å². The molecule has 7 heteroatoms. The molecule has 0 saturated carbocycles. The maximum atomic E-state index is 11.8. The molecule has 2 rings (SSSR count). The molecule has 1 aromatic rings. The van der Waals surface area contributed by atoms with Gasteiger partial charge in [-0.2, -0.15) is 0 Å². The second-order valence-electron chi connectivity index (χ2n) is 5.47. The normalized spacial score (nSPS) is 21.2. The predicted octanol–water partition coefficient (Wildman–Crippen LogP) is 1.36. The van der Waals surface area contributed by atoms with Crippen molar-refractivity contribution < 1.29 is 13.2 Å². The lowest BCUT2D eigenvalue weighted by Crippen LogP contribution is -2.32. The lowest BCUT2D eigenvalue weighted by Gasteiger charge is -2.08. The van der Waals surface area contributed by atoms with Crippen molar-refractivity contribution in [3.8, 4) is 0 Å². The number of hydrogen-bond donors (Lipinski definition) is 1. The van der Waals surface area contributed by atoms with E-state index in [2.05, 4.69) is 24.1 Å². The summed E-state index contributed by atoms with van der Waals surface area (Å²) >= 11 is 1.64. The Morgan fingerprint density at radius 1 is 1.55 bits per heavy atom. The Hall–Kier alpha value is -0.950. The maximum Gasteiger partial charge on any atom is 0.224 e. The smallest absolute Gasteiger partial charge is 0.224 e. The summed E-state index contributed by atoms with van der Waals surface area (Å²) in [6.45, 7) is 4.71. The van der Waals surface area contributed by atoms with Crippen molar-refractivity contribution in [2.75, 3.05) is 18.1 Å². The van der Waals surface area contributed by atoms with Crippen LogP contribution >= 0.6 is 11.3 Å². The van der Waals surface area contributed by atoms with Gasteiger partial charge in [-0.3, -0.25) is 4.79 Å². The number of rotatable bonds is 5. The zero-order chi connectivity index (χ0) is 14.8. The highest BCUT2D eigenvalue weighted by molar-refractivity contribution is 7.91. The fraction of sp³-hybridized carbons (Fsp3) is 0.692. The number of carbonyl (C=O) groups is 1. The number of nitrogens with one attached hydrogen (secondary N) is 1. The minimum Gasteiger partial charge on any atom is -0.355 e. The molecule has 1 N–H and O–H groups in total. The summed E-state index contributed by atoms with van der Waals surface area (Å²) in [5, 5.41) is 5.93. The number of thiazole rings is 1. The Morgan fingerprint density at radius 2 is 2.30 bits per heavy atom. The van der Waals surface area contributed by atoms with Crippen molar-refractivity contribution in [3.63, 3.8) is 0 Å². The molecule has 1 aromatic heterocycles. The van der Waals surface area contributed by atoms with E-state index >= 15 is 0 Å². The van der Waals surface area contributed by atoms with Gasteiger partial charge in [-0.15, -0.1) is 11.3 Å². The van der Waals surface area contributed by atoms with E-state index in [9.17, 15) is 13.2 Å². The largest absolute Gasteiger partial charge is 0.355 e. The van der Waals surface area contributed by atoms with Crippen molar-refractivity contribution in [3.05, 3.63) is 16.1 Å². The molecule has 0 bridgehead atoms. The van der Waals surface area contributed by atoms with Gasteiger partial charge >= 0.3 is 0 Å². The van der Waals surface area contributed by atoms with E-state index in [0.29, 0.717) is 25.3 Å². The second-order valence-corrected chi connectivity index (χ2v) is 8.59. The Labute approximate surface area is 123 Å². The molecule has 1 saturated heterocycles. The van der Waals surface area contributed by atoms with Crippen LogP contribution in [0.2, 0.25) is 0 Å². The first-order valence-electron chi connectivity index (χ1n) is 6.80. The topological polar surface area (TPSA) is 76.1 Å². The minimum absolute atomic E-state index is 0.00691. The molecule has 5 nitrogen and oxygen atoms in total. The van der Waals surface area contributed by atoms with Crippen LogP contribution < -0.4 is 5.32 Å². The minimum atomic E-state index is -3.00. The van der Waals surface area contributed by atoms with Gasteiger partial charge < -0.3 is 5.32 Å². The van der Waals surface area contributed by atoms with Crippen molar-refractivity contribution >= 4 is 27.1 Å². The third-order valence-corrected chi connectivity index (χ3v) is 6.31. The number of nitrogens with zero attached hydrogens (tertiary/aromatic N) is 1. The van der Waals surface area contributed by atoms with Crippen molar-refractivity contribution in [2.24, 2.45) is 5.92 Å². The number of carbonyl (C=O) groups excluding carboxylic acids is 1. The molecular weight excluding hydrogens is 296 g/mol. The predicted molar refractivity (Wildman–Crippen MR) is 79.7 cm³/mol. The van der Waals surface area contributed by atoms with Crippen LogP contribution in [0.1, 0.15) is 36.9 Å². The highest BCUT2D eigenvalue weighted by Crippen LogP contribution is 2.20. The zero-order valence-electron chi connectivity index (χ0n) is 11.8. The maximum absolute atomic E-state index is 11.8. The van der Waals surface area contributed by atoms with E-state index in [0.717, 1.165) is 10.7 Å². The van der Waals surface area contributed by atoms with E-state index in [1.807, 2.05) is 5.38 Å². The third kappa shape index (κ3) is 4.02. The summed E-state index contributed by atoms with van der Waals surface area (Å²) in [6.07, 6.45) is 1.14. The van der Waals surface area contributed by atoms with Gasteiger partial charge in [0, 0.05) is 24.3 Å². The summed E-state index contributed by atoms with van der Waals surface area (Å²) in [5.74, 6) is 0.0289. The first kappa shape index (κ1) is 15.4. The summed E-state index contributed by atoms with van der Waals surface area (Å²) in [4.78, 5) is 16.3. The van der Waals surface area contributed by atoms with Gasteiger partial charge in [0.05, 0.1) is 28.1 Å². The molecule has 1 fully saturated rings. The van der Waals surface area contributed by atoms with E-state index < -0.39 is 9.84 Å². The Morgan fingerprint density at radius 3 is 2.85 bits per heavy atom. The molecule has 20 heavy (non-hydrogen) atoms. The van der Waals surface area contributed by atoms with Crippen molar-refractivity contribution in [2.45, 2.75) is 32.6 Å². The number of sulfone groups is 1. The quantitative estimate of drug-likeness (QED) is 0.890. The lowest BCUT2D eigenvalue weighted by atomic mass is 10.1. The molecule has 0 spiro atoms. The molecule has 1 amide bonds. The Kier molecular flexibility index (Phi) is 4.80. The van der Waals surface area contributed by atoms with Gasteiger partial charge in [0.1, 0.15) is 0 Å². The average Bonchev–Trinajstić information content (AvgIpc) is 2.95. The Bertz CT molecular complexity index is 578. The molecule has 1 aliphatic rings. The molecule has 1 atom stereocenters. The third-order valence-electron chi connectivity index (χ3n) is 3.35. The SMILES string of the molecule is CC(C)c1nc(CCNC(=O)[C@@H]2CCS(=O)(=O)C2)cs1. The average molecular weight is 316 g/mol. The summed E-state index contributed by atoms with van der Waals surface area (Å²) in [7, 11) is -3.00. The van der Waals surface area contributed by atoms with Crippen LogP contribution in [-0.4, -0.2) is 37.4 Å². The van der Waals surface area contributed by atoms with Gasteiger partial charge in [-0.1, -0.05) is 13.8 Å². The van der Waals surface area contributed by atoms with Crippen molar-refractivity contribution in [1.82, 2.24) is 10.3 Å². The van der Waals surface area contributed by atoms with E-state index in [-0.39, 0.29) is 23.3 Å². The van der Waals surface area contributed by atoms with Gasteiger partial charge in [0.25, 0.3) is 0 Å². The lowest BCUT2D eigenvalue weighted by molar-refractivity contribution is -0.124. The number of amides is 1. The van der Waals surface area contributed by atoms with Crippen molar-refractivity contribution in [1.29, 1.82) is 0 Å². The van der Waals surface area contributed by atoms with Crippen LogP contribution in [0.3, 0.4) is 0 Å². The summed E-state index contributed by atoms with van der Waals surface area (Å²) < 4.78 is 22.6. The molecule has 0 aliphatic carbocycles. The summed E-state index contributed by atoms with van der Waals surface area (Å²) in [5.41, 5.74) is 0.984. The van der Waals surface area contributed by atoms with Crippen LogP contribution in [0.25, 0.3) is 0 Å². The standard InChI is InChI=1S/C13H20N2O3S2/c1-9(2)13-15-11(7-19-13)3-5-14-12(16)10-4-6-20(17,18)8-10/h7,9-10H,3-6,8H2,1-2H3,(H,14,16)/t10-/m1/s1. The second kappa shape index (κ2) is 6.22. The molecule has 1 aliphatic heterocycles. The fourth-order valence-corrected chi connectivity index (χ4v) is 4.77. The molecule has 0 aromatic carbocycles. The number of aromatic nitrogens is 1. The molecular formula is C13H20N2O3S2. The van der Waals surface area contributed by atoms with Gasteiger partial charge in [0.15, 0.2) is 9.84 Å². The highest BCUT2D eigenvalue weighted by Gasteiger charge is 2.32. The fourth-order valence-electron chi connectivity index (χ4n) is 2.16. The van der Waals surface area contributed by atoms with Gasteiger partial charge in [-0.25, -0.2) is 13.4 Å². The van der Waals surface area contributed by atoms with Gasteiger partial charge in [-0.05, 0) is 6.42 Å². The van der Waals surface area contributed by atoms with Crippen LogP contribution in [0.4, 0.5) is 0 Å². The number of hydrogen-bond acceptors (Lipinski definition) is 5. The molecule has 0 radical (unpaired) electrons. The Balaban J connectivity index is 1.77. The summed E-state index contributed by atoms with van der Waals surface area (Å²) in [6, 6.07) is 0. The molecule has 112 valence electrons. The molecule has 2 heterocycles. The van der Waals surface area contributed by atoms with Crippen LogP contribution in [0.5, 0.6) is 0 Å². The van der Waals surface area contributed by atoms with E-state index in [4.69, 9.17) is 0 Å². The van der Waals surface area contributed by atoms with E-state index in [1.165, 1.54) is 0 Å². The van der Waals surface area contributed by atoms with E-state index in [1.54, 1.807) is 11.3 Å².